The van der Waals surface area contributed by atoms with Gasteiger partial charge in [-0.05, 0) is 42.1 Å². The van der Waals surface area contributed by atoms with E-state index in [0.29, 0.717) is 5.75 Å². The molecule has 3 aromatic rings. The van der Waals surface area contributed by atoms with E-state index >= 15 is 0 Å². The molecule has 0 fully saturated rings. The van der Waals surface area contributed by atoms with Crippen LogP contribution in [0, 0.1) is 5.82 Å². The van der Waals surface area contributed by atoms with Gasteiger partial charge < -0.3 is 10.1 Å². The molecule has 0 unspecified atom stereocenters. The van der Waals surface area contributed by atoms with Gasteiger partial charge in [-0.15, -0.1) is 11.3 Å². The Morgan fingerprint density at radius 1 is 1.18 bits per heavy atom. The van der Waals surface area contributed by atoms with E-state index < -0.39 is 0 Å². The van der Waals surface area contributed by atoms with Crippen molar-refractivity contribution in [2.45, 2.75) is 12.5 Å². The maximum Gasteiger partial charge on any atom is 0.140 e. The summed E-state index contributed by atoms with van der Waals surface area (Å²) in [6, 6.07) is 15.0. The van der Waals surface area contributed by atoms with Crippen LogP contribution in [0.3, 0.4) is 0 Å². The molecule has 0 saturated carbocycles. The van der Waals surface area contributed by atoms with Gasteiger partial charge in [0.05, 0.1) is 4.70 Å². The minimum atomic E-state index is -0.263. The number of ether oxygens (including phenoxy) is 1. The lowest BCUT2D eigenvalue weighted by Crippen LogP contribution is -2.16. The van der Waals surface area contributed by atoms with Crippen molar-refractivity contribution < 1.29 is 9.13 Å². The summed E-state index contributed by atoms with van der Waals surface area (Å²) < 4.78 is 21.0. The molecule has 1 atom stereocenters. The maximum atomic E-state index is 13.8. The maximum absolute atomic E-state index is 13.8. The zero-order valence-corrected chi connectivity index (χ0v) is 13.2. The van der Waals surface area contributed by atoms with E-state index in [-0.39, 0.29) is 11.9 Å². The Morgan fingerprint density at radius 3 is 2.77 bits per heavy atom. The molecular weight excluding hydrogens is 297 g/mol. The van der Waals surface area contributed by atoms with Gasteiger partial charge in [-0.1, -0.05) is 30.3 Å². The Bertz CT molecular complexity index is 741. The average Bonchev–Trinajstić information content (AvgIpc) is 3.00. The zero-order valence-electron chi connectivity index (χ0n) is 12.4. The molecule has 1 N–H and O–H groups in total. The van der Waals surface area contributed by atoms with Crippen LogP contribution in [0.2, 0.25) is 0 Å². The van der Waals surface area contributed by atoms with Crippen LogP contribution in [-0.2, 0) is 0 Å². The fourth-order valence-corrected chi connectivity index (χ4v) is 3.33. The molecule has 0 saturated heterocycles. The zero-order chi connectivity index (χ0) is 15.4. The Hall–Kier alpha value is -1.91. The van der Waals surface area contributed by atoms with Crippen molar-refractivity contribution in [3.63, 3.8) is 0 Å². The summed E-state index contributed by atoms with van der Waals surface area (Å²) >= 11 is 1.58. The number of benzene rings is 2. The third kappa shape index (κ3) is 3.29. The highest BCUT2D eigenvalue weighted by Gasteiger charge is 2.16. The van der Waals surface area contributed by atoms with Crippen LogP contribution in [0.4, 0.5) is 4.39 Å². The Balaban J connectivity index is 1.93. The van der Waals surface area contributed by atoms with Gasteiger partial charge in [-0.25, -0.2) is 4.39 Å². The van der Waals surface area contributed by atoms with Gasteiger partial charge in [0.1, 0.15) is 17.7 Å². The van der Waals surface area contributed by atoms with Crippen molar-refractivity contribution in [2.75, 3.05) is 13.6 Å². The van der Waals surface area contributed by atoms with Crippen LogP contribution in [0.15, 0.2) is 53.9 Å². The van der Waals surface area contributed by atoms with Crippen molar-refractivity contribution in [3.05, 3.63) is 65.3 Å². The minimum Gasteiger partial charge on any atom is -0.484 e. The first-order valence-electron chi connectivity index (χ1n) is 7.31. The van der Waals surface area contributed by atoms with Gasteiger partial charge in [-0.2, -0.15) is 0 Å². The van der Waals surface area contributed by atoms with Crippen molar-refractivity contribution in [1.29, 1.82) is 0 Å². The summed E-state index contributed by atoms with van der Waals surface area (Å²) in [6.45, 7) is 0.836. The summed E-state index contributed by atoms with van der Waals surface area (Å²) in [7, 11) is 1.92. The van der Waals surface area contributed by atoms with Crippen LogP contribution in [0.1, 0.15) is 18.1 Å². The van der Waals surface area contributed by atoms with Crippen LogP contribution < -0.4 is 10.1 Å². The van der Waals surface area contributed by atoms with E-state index in [2.05, 4.69) is 5.32 Å². The molecule has 114 valence electrons. The van der Waals surface area contributed by atoms with E-state index in [1.807, 2.05) is 48.8 Å². The highest BCUT2D eigenvalue weighted by atomic mass is 32.1. The fourth-order valence-electron chi connectivity index (χ4n) is 2.49. The molecule has 0 spiro atoms. The molecule has 0 bridgehead atoms. The SMILES string of the molecule is CNCC[C@@H](Oc1cc(F)cc2ccsc12)c1ccccc1. The first kappa shape index (κ1) is 15.0. The second-order valence-corrected chi connectivity index (χ2v) is 6.07. The second kappa shape index (κ2) is 6.90. The van der Waals surface area contributed by atoms with Crippen molar-refractivity contribution in [2.24, 2.45) is 0 Å². The smallest absolute Gasteiger partial charge is 0.140 e. The third-order valence-electron chi connectivity index (χ3n) is 3.58. The van der Waals surface area contributed by atoms with Gasteiger partial charge in [-0.3, -0.25) is 0 Å². The molecule has 0 aliphatic carbocycles. The second-order valence-electron chi connectivity index (χ2n) is 5.15. The number of rotatable bonds is 6. The first-order chi connectivity index (χ1) is 10.8. The number of thiophene rings is 1. The summed E-state index contributed by atoms with van der Waals surface area (Å²) in [5.41, 5.74) is 1.10. The molecular formula is C18H18FNOS. The summed E-state index contributed by atoms with van der Waals surface area (Å²) in [5.74, 6) is 0.358. The standard InChI is InChI=1S/C18H18FNOS/c1-20-9-7-16(13-5-3-2-4-6-13)21-17-12-15(19)11-14-8-10-22-18(14)17/h2-6,8,10-12,16,20H,7,9H2,1H3/t16-/m1/s1. The monoisotopic (exact) mass is 315 g/mol. The number of fused-ring (bicyclic) bond motifs is 1. The Morgan fingerprint density at radius 2 is 2.00 bits per heavy atom. The molecule has 22 heavy (non-hydrogen) atoms. The van der Waals surface area contributed by atoms with Gasteiger partial charge in [0.15, 0.2) is 0 Å². The fraction of sp³-hybridized carbons (Fsp3) is 0.222. The average molecular weight is 315 g/mol. The van der Waals surface area contributed by atoms with Gasteiger partial charge in [0, 0.05) is 12.5 Å². The highest BCUT2D eigenvalue weighted by Crippen LogP contribution is 2.35. The van der Waals surface area contributed by atoms with Crippen molar-refractivity contribution >= 4 is 21.4 Å². The predicted molar refractivity (Wildman–Crippen MR) is 90.1 cm³/mol. The van der Waals surface area contributed by atoms with E-state index in [1.165, 1.54) is 6.07 Å². The third-order valence-corrected chi connectivity index (χ3v) is 4.52. The van der Waals surface area contributed by atoms with Crippen LogP contribution >= 0.6 is 11.3 Å². The van der Waals surface area contributed by atoms with E-state index in [0.717, 1.165) is 28.6 Å². The largest absolute Gasteiger partial charge is 0.484 e. The predicted octanol–water partition coefficient (Wildman–Crippen LogP) is 4.77. The molecule has 4 heteroatoms. The molecule has 0 aliphatic rings. The summed E-state index contributed by atoms with van der Waals surface area (Å²) in [5, 5.41) is 6.00. The number of halogens is 1. The topological polar surface area (TPSA) is 21.3 Å². The van der Waals surface area contributed by atoms with Gasteiger partial charge >= 0.3 is 0 Å². The molecule has 3 rings (SSSR count). The summed E-state index contributed by atoms with van der Waals surface area (Å²) in [6.07, 6.45) is 0.727. The number of hydrogen-bond acceptors (Lipinski definition) is 3. The molecule has 1 aromatic heterocycles. The van der Waals surface area contributed by atoms with Crippen LogP contribution in [0.25, 0.3) is 10.1 Å². The van der Waals surface area contributed by atoms with E-state index in [1.54, 1.807) is 17.4 Å². The molecule has 2 aromatic carbocycles. The quantitative estimate of drug-likeness (QED) is 0.707. The van der Waals surface area contributed by atoms with E-state index in [4.69, 9.17) is 4.74 Å². The van der Waals surface area contributed by atoms with Crippen LogP contribution in [-0.4, -0.2) is 13.6 Å². The van der Waals surface area contributed by atoms with Crippen molar-refractivity contribution in [3.8, 4) is 5.75 Å². The van der Waals surface area contributed by atoms with Gasteiger partial charge in [0.2, 0.25) is 0 Å². The molecule has 1 heterocycles. The normalized spacial score (nSPS) is 12.5. The molecule has 0 aliphatic heterocycles. The lowest BCUT2D eigenvalue weighted by Gasteiger charge is -2.20. The Kier molecular flexibility index (Phi) is 4.71. The van der Waals surface area contributed by atoms with Gasteiger partial charge in [0.25, 0.3) is 0 Å². The molecule has 2 nitrogen and oxygen atoms in total. The lowest BCUT2D eigenvalue weighted by atomic mass is 10.1. The molecule has 0 radical (unpaired) electrons. The Labute approximate surface area is 133 Å². The van der Waals surface area contributed by atoms with Crippen LogP contribution in [0.5, 0.6) is 5.75 Å². The lowest BCUT2D eigenvalue weighted by molar-refractivity contribution is 0.197. The van der Waals surface area contributed by atoms with Crippen molar-refractivity contribution in [1.82, 2.24) is 5.32 Å². The number of nitrogens with one attached hydrogen (secondary N) is 1. The first-order valence-corrected chi connectivity index (χ1v) is 8.19. The summed E-state index contributed by atoms with van der Waals surface area (Å²) in [4.78, 5) is 0. The molecule has 0 amide bonds. The highest BCUT2D eigenvalue weighted by molar-refractivity contribution is 7.17. The van der Waals surface area contributed by atoms with E-state index in [9.17, 15) is 4.39 Å². The minimum absolute atomic E-state index is 0.0965. The number of hydrogen-bond donors (Lipinski definition) is 1.